The second kappa shape index (κ2) is 4.04. The molecule has 0 amide bonds. The molecule has 0 radical (unpaired) electrons. The van der Waals surface area contributed by atoms with Crippen LogP contribution >= 0.6 is 27.3 Å². The van der Waals surface area contributed by atoms with E-state index in [-0.39, 0.29) is 0 Å². The zero-order valence-electron chi connectivity index (χ0n) is 8.48. The molecule has 2 aromatic carbocycles. The maximum absolute atomic E-state index is 3.51. The van der Waals surface area contributed by atoms with Gasteiger partial charge in [0.2, 0.25) is 0 Å². The first-order valence-electron chi connectivity index (χ1n) is 5.08. The van der Waals surface area contributed by atoms with Crippen molar-refractivity contribution in [2.24, 2.45) is 0 Å². The smallest absolute Gasteiger partial charge is 0.0705 e. The molecule has 0 atom stereocenters. The summed E-state index contributed by atoms with van der Waals surface area (Å²) in [5.74, 6) is 0. The van der Waals surface area contributed by atoms with Crippen molar-refractivity contribution in [1.29, 1.82) is 0 Å². The fourth-order valence-electron chi connectivity index (χ4n) is 1.90. The highest BCUT2D eigenvalue weighted by molar-refractivity contribution is 9.11. The van der Waals surface area contributed by atoms with Crippen LogP contribution in [0.4, 0.5) is 0 Å². The third-order valence-corrected chi connectivity index (χ3v) is 4.29. The minimum atomic E-state index is 1.18. The molecular formula is C14H9BrS. The minimum absolute atomic E-state index is 1.18. The standard InChI is InChI=1S/C14H9BrS/c15-14-9-8-13(16-14)12-7-3-5-10-4-1-2-6-11(10)12/h1-9H. The topological polar surface area (TPSA) is 0 Å². The Hall–Kier alpha value is -1.12. The van der Waals surface area contributed by atoms with Crippen LogP contribution in [0.15, 0.2) is 58.4 Å². The largest absolute Gasteiger partial charge is 0.128 e. The average Bonchev–Trinajstić information content (AvgIpc) is 2.75. The Morgan fingerprint density at radius 3 is 2.44 bits per heavy atom. The lowest BCUT2D eigenvalue weighted by Gasteiger charge is -2.03. The first-order valence-corrected chi connectivity index (χ1v) is 6.69. The Labute approximate surface area is 107 Å². The molecule has 0 N–H and O–H groups in total. The number of hydrogen-bond acceptors (Lipinski definition) is 1. The van der Waals surface area contributed by atoms with E-state index in [1.54, 1.807) is 11.3 Å². The molecule has 0 nitrogen and oxygen atoms in total. The van der Waals surface area contributed by atoms with Gasteiger partial charge in [-0.05, 0) is 44.4 Å². The molecule has 0 bridgehead atoms. The third kappa shape index (κ3) is 1.68. The lowest BCUT2D eigenvalue weighted by atomic mass is 10.0. The number of fused-ring (bicyclic) bond motifs is 1. The van der Waals surface area contributed by atoms with E-state index in [9.17, 15) is 0 Å². The van der Waals surface area contributed by atoms with Gasteiger partial charge in [0.1, 0.15) is 0 Å². The Morgan fingerprint density at radius 2 is 1.62 bits per heavy atom. The van der Waals surface area contributed by atoms with Gasteiger partial charge in [0.15, 0.2) is 0 Å². The van der Waals surface area contributed by atoms with E-state index >= 15 is 0 Å². The van der Waals surface area contributed by atoms with Gasteiger partial charge in [-0.25, -0.2) is 0 Å². The Morgan fingerprint density at radius 1 is 0.812 bits per heavy atom. The quantitative estimate of drug-likeness (QED) is 0.568. The highest BCUT2D eigenvalue weighted by Crippen LogP contribution is 2.35. The number of rotatable bonds is 1. The van der Waals surface area contributed by atoms with Gasteiger partial charge in [0.25, 0.3) is 0 Å². The molecule has 0 saturated carbocycles. The van der Waals surface area contributed by atoms with Crippen LogP contribution in [0.25, 0.3) is 21.2 Å². The van der Waals surface area contributed by atoms with E-state index in [0.717, 1.165) is 0 Å². The minimum Gasteiger partial charge on any atom is -0.128 e. The van der Waals surface area contributed by atoms with E-state index < -0.39 is 0 Å². The molecule has 16 heavy (non-hydrogen) atoms. The van der Waals surface area contributed by atoms with Crippen LogP contribution in [-0.4, -0.2) is 0 Å². The molecule has 1 aromatic heterocycles. The molecule has 0 saturated heterocycles. The van der Waals surface area contributed by atoms with Crippen molar-refractivity contribution in [2.75, 3.05) is 0 Å². The highest BCUT2D eigenvalue weighted by Gasteiger charge is 2.04. The highest BCUT2D eigenvalue weighted by atomic mass is 79.9. The van der Waals surface area contributed by atoms with Crippen molar-refractivity contribution in [3.8, 4) is 10.4 Å². The predicted octanol–water partition coefficient (Wildman–Crippen LogP) is 5.33. The lowest BCUT2D eigenvalue weighted by molar-refractivity contribution is 1.74. The maximum Gasteiger partial charge on any atom is 0.0705 e. The van der Waals surface area contributed by atoms with Gasteiger partial charge in [-0.3, -0.25) is 0 Å². The molecule has 0 aliphatic rings. The third-order valence-electron chi connectivity index (χ3n) is 2.63. The van der Waals surface area contributed by atoms with Crippen molar-refractivity contribution >= 4 is 38.0 Å². The zero-order chi connectivity index (χ0) is 11.0. The summed E-state index contributed by atoms with van der Waals surface area (Å²) in [6, 6.07) is 19.2. The SMILES string of the molecule is Brc1ccc(-c2cccc3ccccc23)s1. The van der Waals surface area contributed by atoms with Crippen LogP contribution in [0.2, 0.25) is 0 Å². The van der Waals surface area contributed by atoms with Crippen LogP contribution in [0.1, 0.15) is 0 Å². The summed E-state index contributed by atoms with van der Waals surface area (Å²) >= 11 is 5.28. The van der Waals surface area contributed by atoms with Crippen molar-refractivity contribution in [3.63, 3.8) is 0 Å². The molecule has 78 valence electrons. The Balaban J connectivity index is 2.31. The van der Waals surface area contributed by atoms with Crippen molar-refractivity contribution < 1.29 is 0 Å². The summed E-state index contributed by atoms with van der Waals surface area (Å²) in [4.78, 5) is 1.31. The van der Waals surface area contributed by atoms with Crippen LogP contribution in [0.3, 0.4) is 0 Å². The number of halogens is 1. The van der Waals surface area contributed by atoms with Crippen molar-refractivity contribution in [1.82, 2.24) is 0 Å². The maximum atomic E-state index is 3.51. The summed E-state index contributed by atoms with van der Waals surface area (Å²) in [6.07, 6.45) is 0. The molecule has 0 unspecified atom stereocenters. The van der Waals surface area contributed by atoms with Crippen molar-refractivity contribution in [3.05, 3.63) is 58.4 Å². The van der Waals surface area contributed by atoms with Gasteiger partial charge in [0.05, 0.1) is 3.79 Å². The molecule has 0 aliphatic heterocycles. The molecule has 1 heterocycles. The van der Waals surface area contributed by atoms with Gasteiger partial charge >= 0.3 is 0 Å². The first kappa shape index (κ1) is 10.1. The van der Waals surface area contributed by atoms with Crippen LogP contribution in [0.5, 0.6) is 0 Å². The second-order valence-corrected chi connectivity index (χ2v) is 6.09. The van der Waals surface area contributed by atoms with E-state index in [4.69, 9.17) is 0 Å². The predicted molar refractivity (Wildman–Crippen MR) is 75.0 cm³/mol. The zero-order valence-corrected chi connectivity index (χ0v) is 10.9. The fraction of sp³-hybridized carbons (Fsp3) is 0. The molecule has 0 aliphatic carbocycles. The van der Waals surface area contributed by atoms with Gasteiger partial charge in [-0.1, -0.05) is 42.5 Å². The van der Waals surface area contributed by atoms with E-state index in [2.05, 4.69) is 70.5 Å². The average molecular weight is 289 g/mol. The molecular weight excluding hydrogens is 280 g/mol. The van der Waals surface area contributed by atoms with Crippen LogP contribution in [0, 0.1) is 0 Å². The van der Waals surface area contributed by atoms with Crippen LogP contribution < -0.4 is 0 Å². The summed E-state index contributed by atoms with van der Waals surface area (Å²) in [5, 5.41) is 2.61. The van der Waals surface area contributed by atoms with Gasteiger partial charge in [-0.15, -0.1) is 11.3 Å². The van der Waals surface area contributed by atoms with Crippen LogP contribution in [-0.2, 0) is 0 Å². The lowest BCUT2D eigenvalue weighted by Crippen LogP contribution is -1.76. The second-order valence-electron chi connectivity index (χ2n) is 3.63. The fourth-order valence-corrected chi connectivity index (χ4v) is 3.32. The molecule has 3 aromatic rings. The molecule has 3 rings (SSSR count). The first-order chi connectivity index (χ1) is 7.84. The normalized spacial score (nSPS) is 10.8. The number of thiophene rings is 1. The van der Waals surface area contributed by atoms with Gasteiger partial charge in [-0.2, -0.15) is 0 Å². The molecule has 0 fully saturated rings. The summed E-state index contributed by atoms with van der Waals surface area (Å²) in [6.45, 7) is 0. The van der Waals surface area contributed by atoms with E-state index in [1.807, 2.05) is 0 Å². The summed E-state index contributed by atoms with van der Waals surface area (Å²) < 4.78 is 1.18. The summed E-state index contributed by atoms with van der Waals surface area (Å²) in [7, 11) is 0. The molecule has 0 spiro atoms. The van der Waals surface area contributed by atoms with Gasteiger partial charge in [0, 0.05) is 4.88 Å². The Kier molecular flexibility index (Phi) is 2.54. The Bertz CT molecular complexity index is 635. The van der Waals surface area contributed by atoms with Gasteiger partial charge < -0.3 is 0 Å². The monoisotopic (exact) mass is 288 g/mol. The number of benzene rings is 2. The molecule has 2 heteroatoms. The van der Waals surface area contributed by atoms with E-state index in [0.29, 0.717) is 0 Å². The van der Waals surface area contributed by atoms with E-state index in [1.165, 1.54) is 25.0 Å². The van der Waals surface area contributed by atoms with Crippen molar-refractivity contribution in [2.45, 2.75) is 0 Å². The summed E-state index contributed by atoms with van der Waals surface area (Å²) in [5.41, 5.74) is 1.31. The number of hydrogen-bond donors (Lipinski definition) is 0.